The molecule has 1 N–H and O–H groups in total. The van der Waals surface area contributed by atoms with Crippen molar-refractivity contribution in [2.45, 2.75) is 77.5 Å². The van der Waals surface area contributed by atoms with Crippen molar-refractivity contribution < 1.29 is 18.9 Å². The Kier molecular flexibility index (Phi) is 5.39. The minimum Gasteiger partial charge on any atom is -0.399 e. The molecule has 0 spiro atoms. The molecule has 172 valence electrons. The summed E-state index contributed by atoms with van der Waals surface area (Å²) in [4.78, 5) is 23.8. The summed E-state index contributed by atoms with van der Waals surface area (Å²) in [5.41, 5.74) is 1.76. The van der Waals surface area contributed by atoms with Gasteiger partial charge in [-0.15, -0.1) is 0 Å². The van der Waals surface area contributed by atoms with Gasteiger partial charge in [0, 0.05) is 24.3 Å². The van der Waals surface area contributed by atoms with Crippen LogP contribution in [-0.4, -0.2) is 49.7 Å². The molecule has 0 aromatic rings. The van der Waals surface area contributed by atoms with Gasteiger partial charge >= 0.3 is 0 Å². The molecule has 5 fully saturated rings. The maximum absolute atomic E-state index is 14.5. The van der Waals surface area contributed by atoms with E-state index in [0.29, 0.717) is 18.3 Å². The summed E-state index contributed by atoms with van der Waals surface area (Å²) in [7, 11) is 1.60. The van der Waals surface area contributed by atoms with Crippen LogP contribution < -0.4 is 5.32 Å². The smallest absolute Gasteiger partial charge is 0.173 e. The zero-order valence-corrected chi connectivity index (χ0v) is 19.0. The van der Waals surface area contributed by atoms with Crippen LogP contribution >= 0.6 is 0 Å². The fourth-order valence-corrected chi connectivity index (χ4v) is 7.79. The van der Waals surface area contributed by atoms with Crippen molar-refractivity contribution in [2.24, 2.45) is 44.8 Å². The minimum atomic E-state index is -1.30. The number of halogens is 1. The van der Waals surface area contributed by atoms with E-state index in [1.807, 2.05) is 6.92 Å². The summed E-state index contributed by atoms with van der Waals surface area (Å²) in [5, 5.41) is 12.4. The van der Waals surface area contributed by atoms with Gasteiger partial charge < -0.3 is 15.0 Å². The Hall–Kier alpha value is -1.50. The van der Waals surface area contributed by atoms with Gasteiger partial charge in [0.1, 0.15) is 13.2 Å². The molecule has 1 aliphatic heterocycles. The Morgan fingerprint density at radius 2 is 1.97 bits per heavy atom. The highest BCUT2D eigenvalue weighted by Crippen LogP contribution is 2.65. The zero-order valence-electron chi connectivity index (χ0n) is 19.0. The van der Waals surface area contributed by atoms with E-state index >= 15 is 0 Å². The van der Waals surface area contributed by atoms with Crippen molar-refractivity contribution in [3.8, 4) is 0 Å². The second-order valence-electron chi connectivity index (χ2n) is 11.0. The molecule has 1 heterocycles. The Morgan fingerprint density at radius 1 is 1.13 bits per heavy atom. The number of nitrogens with zero attached hydrogens (tertiary/aromatic N) is 2. The number of rotatable bonds is 3. The van der Waals surface area contributed by atoms with Crippen LogP contribution in [0.3, 0.4) is 0 Å². The van der Waals surface area contributed by atoms with E-state index in [-0.39, 0.29) is 29.1 Å². The van der Waals surface area contributed by atoms with Crippen molar-refractivity contribution in [1.29, 1.82) is 0 Å². The molecule has 0 aromatic carbocycles. The topological polar surface area (TPSA) is 72.3 Å². The summed E-state index contributed by atoms with van der Waals surface area (Å²) in [6.45, 7) is 6.27. The Bertz CT molecular complexity index is 795. The lowest BCUT2D eigenvalue weighted by molar-refractivity contribution is -0.135. The monoisotopic (exact) mass is 433 g/mol. The van der Waals surface area contributed by atoms with Gasteiger partial charge in [-0.05, 0) is 74.7 Å². The third-order valence-corrected chi connectivity index (χ3v) is 9.57. The number of Topliss-reactive ketones (excluding diaryl/α,β-unsaturated/α-hetero) is 1. The molecule has 31 heavy (non-hydrogen) atoms. The molecule has 5 rings (SSSR count). The molecule has 8 atom stereocenters. The van der Waals surface area contributed by atoms with Crippen molar-refractivity contribution in [1.82, 2.24) is 5.32 Å². The number of carbonyl (C=O) groups is 1. The maximum Gasteiger partial charge on any atom is 0.173 e. The third kappa shape index (κ3) is 3.33. The van der Waals surface area contributed by atoms with E-state index in [4.69, 9.17) is 9.68 Å². The minimum absolute atomic E-state index is 0.0764. The molecule has 4 unspecified atom stereocenters. The predicted octanol–water partition coefficient (Wildman–Crippen LogP) is 3.89. The van der Waals surface area contributed by atoms with E-state index in [2.05, 4.69) is 22.6 Å². The fourth-order valence-electron chi connectivity index (χ4n) is 7.79. The van der Waals surface area contributed by atoms with E-state index in [1.54, 1.807) is 7.11 Å². The lowest BCUT2D eigenvalue weighted by Gasteiger charge is -2.59. The fraction of sp³-hybridized carbons (Fsp3) is 0.875. The SMILES string of the molecule is CO/N=C1\CC2C3C[C@@H](F)C(=O)[C@@]3(C)CCC2[C@@]2(C)CCC(=NOC3CCNC3)C[C@H]12. The van der Waals surface area contributed by atoms with Crippen molar-refractivity contribution in [3.05, 3.63) is 0 Å². The maximum atomic E-state index is 14.5. The largest absolute Gasteiger partial charge is 0.399 e. The van der Waals surface area contributed by atoms with Crippen LogP contribution in [0.1, 0.15) is 65.2 Å². The summed E-state index contributed by atoms with van der Waals surface area (Å²) in [6.07, 6.45) is 5.71. The average Bonchev–Trinajstić information content (AvgIpc) is 3.35. The number of fused-ring (bicyclic) bond motifs is 5. The number of oxime groups is 2. The number of hydrogen-bond donors (Lipinski definition) is 1. The first-order chi connectivity index (χ1) is 14.9. The van der Waals surface area contributed by atoms with Crippen molar-refractivity contribution in [3.63, 3.8) is 0 Å². The van der Waals surface area contributed by atoms with Crippen LogP contribution in [-0.2, 0) is 14.5 Å². The molecule has 4 aliphatic carbocycles. The van der Waals surface area contributed by atoms with Gasteiger partial charge in [0.05, 0.1) is 11.4 Å². The highest BCUT2D eigenvalue weighted by molar-refractivity contribution is 5.96. The first-order valence-electron chi connectivity index (χ1n) is 12.1. The van der Waals surface area contributed by atoms with Crippen LogP contribution in [0.4, 0.5) is 4.39 Å². The summed E-state index contributed by atoms with van der Waals surface area (Å²) < 4.78 is 14.5. The average molecular weight is 434 g/mol. The van der Waals surface area contributed by atoms with Crippen LogP contribution in [0.2, 0.25) is 0 Å². The van der Waals surface area contributed by atoms with Gasteiger partial charge in [-0.3, -0.25) is 4.79 Å². The Morgan fingerprint density at radius 3 is 2.71 bits per heavy atom. The molecular weight excluding hydrogens is 397 g/mol. The van der Waals surface area contributed by atoms with Gasteiger partial charge in [-0.25, -0.2) is 4.39 Å². The number of nitrogens with one attached hydrogen (secondary N) is 1. The highest BCUT2D eigenvalue weighted by atomic mass is 19.1. The predicted molar refractivity (Wildman–Crippen MR) is 117 cm³/mol. The molecular formula is C24H36FN3O3. The van der Waals surface area contributed by atoms with Gasteiger partial charge in [-0.2, -0.15) is 0 Å². The van der Waals surface area contributed by atoms with Gasteiger partial charge in [0.25, 0.3) is 0 Å². The molecule has 0 bridgehead atoms. The lowest BCUT2D eigenvalue weighted by atomic mass is 9.45. The number of carbonyl (C=O) groups excluding carboxylic acids is 1. The second kappa shape index (κ2) is 7.82. The number of hydrogen-bond acceptors (Lipinski definition) is 6. The van der Waals surface area contributed by atoms with Gasteiger partial charge in [0.15, 0.2) is 12.0 Å². The molecule has 0 radical (unpaired) electrons. The molecule has 5 aliphatic rings. The summed E-state index contributed by atoms with van der Waals surface area (Å²) >= 11 is 0. The molecule has 7 heteroatoms. The van der Waals surface area contributed by atoms with Crippen molar-refractivity contribution >= 4 is 17.2 Å². The summed E-state index contributed by atoms with van der Waals surface area (Å²) in [6, 6.07) is 0. The van der Waals surface area contributed by atoms with E-state index in [9.17, 15) is 9.18 Å². The first kappa shape index (κ1) is 21.4. The Balaban J connectivity index is 1.41. The van der Waals surface area contributed by atoms with E-state index < -0.39 is 11.6 Å². The molecule has 0 aromatic heterocycles. The van der Waals surface area contributed by atoms with Crippen LogP contribution in [0.15, 0.2) is 10.3 Å². The van der Waals surface area contributed by atoms with Crippen molar-refractivity contribution in [2.75, 3.05) is 20.2 Å². The second-order valence-corrected chi connectivity index (χ2v) is 11.0. The molecule has 1 saturated heterocycles. The number of alkyl halides is 1. The lowest BCUT2D eigenvalue weighted by Crippen LogP contribution is -2.56. The molecule has 6 nitrogen and oxygen atoms in total. The first-order valence-corrected chi connectivity index (χ1v) is 12.1. The number of ketones is 1. The standard InChI is InChI=1S/C24H36FN3O3/c1-23-7-4-14(27-31-15-6-9-26-13-15)10-19(23)21(28-30-3)11-16-17(23)5-8-24(2)18(16)12-20(25)22(24)29/h15-20,26H,4-13H2,1-3H3/b27-14?,28-21+/t15?,16?,17?,18?,19-,20-,23-,24+/m1/s1. The molecule has 4 saturated carbocycles. The van der Waals surface area contributed by atoms with Gasteiger partial charge in [-0.1, -0.05) is 24.2 Å². The molecule has 0 amide bonds. The summed E-state index contributed by atoms with van der Waals surface area (Å²) in [5.74, 6) is 1.02. The normalized spacial score (nSPS) is 49.6. The van der Waals surface area contributed by atoms with E-state index in [1.165, 1.54) is 0 Å². The van der Waals surface area contributed by atoms with E-state index in [0.717, 1.165) is 69.5 Å². The third-order valence-electron chi connectivity index (χ3n) is 9.57. The van der Waals surface area contributed by atoms with Crippen LogP contribution in [0.5, 0.6) is 0 Å². The zero-order chi connectivity index (χ0) is 21.8. The van der Waals surface area contributed by atoms with Crippen LogP contribution in [0.25, 0.3) is 0 Å². The highest BCUT2D eigenvalue weighted by Gasteiger charge is 2.63. The quantitative estimate of drug-likeness (QED) is 0.686. The van der Waals surface area contributed by atoms with Gasteiger partial charge in [0.2, 0.25) is 0 Å². The van der Waals surface area contributed by atoms with Crippen LogP contribution in [0, 0.1) is 34.5 Å². The Labute approximate surface area is 184 Å².